The summed E-state index contributed by atoms with van der Waals surface area (Å²) in [6.45, 7) is 11.7. The van der Waals surface area contributed by atoms with Gasteiger partial charge in [-0.15, -0.1) is 0 Å². The third kappa shape index (κ3) is 2.15. The van der Waals surface area contributed by atoms with Gasteiger partial charge in [0, 0.05) is 5.41 Å². The van der Waals surface area contributed by atoms with Crippen LogP contribution in [0.5, 0.6) is 0 Å². The van der Waals surface area contributed by atoms with Crippen LogP contribution in [0, 0.1) is 22.7 Å². The Bertz CT molecular complexity index is 498. The van der Waals surface area contributed by atoms with Crippen molar-refractivity contribution >= 4 is 0 Å². The van der Waals surface area contributed by atoms with Crippen molar-refractivity contribution in [1.82, 2.24) is 0 Å². The van der Waals surface area contributed by atoms with E-state index < -0.39 is 5.60 Å². The number of fused-ring (bicyclic) bond motifs is 3. The number of hydrogen-bond acceptors (Lipinski definition) is 1. The molecular weight excluding hydrogens is 256 g/mol. The van der Waals surface area contributed by atoms with Gasteiger partial charge in [-0.3, -0.25) is 0 Å². The molecule has 3 aliphatic rings. The van der Waals surface area contributed by atoms with Gasteiger partial charge in [-0.1, -0.05) is 39.3 Å². The number of rotatable bonds is 0. The molecule has 0 amide bonds. The molecule has 0 unspecified atom stereocenters. The first kappa shape index (κ1) is 15.3. The Balaban J connectivity index is 2.15. The zero-order valence-electron chi connectivity index (χ0n) is 14.5. The molecule has 0 heterocycles. The van der Waals surface area contributed by atoms with E-state index in [0.717, 1.165) is 18.8 Å². The molecule has 1 fully saturated rings. The zero-order valence-corrected chi connectivity index (χ0v) is 14.5. The Morgan fingerprint density at radius 2 is 1.81 bits per heavy atom. The summed E-state index contributed by atoms with van der Waals surface area (Å²) in [6.07, 6.45) is 11.7. The third-order valence-corrected chi connectivity index (χ3v) is 7.32. The topological polar surface area (TPSA) is 20.2 Å². The fourth-order valence-corrected chi connectivity index (χ4v) is 5.50. The lowest BCUT2D eigenvalue weighted by molar-refractivity contribution is -0.118. The van der Waals surface area contributed by atoms with E-state index in [1.807, 2.05) is 0 Å². The fraction of sp³-hybridized carbons (Fsp3) is 0.800. The van der Waals surface area contributed by atoms with E-state index in [1.165, 1.54) is 36.8 Å². The van der Waals surface area contributed by atoms with Gasteiger partial charge in [-0.25, -0.2) is 0 Å². The van der Waals surface area contributed by atoms with Crippen molar-refractivity contribution in [3.63, 3.8) is 0 Å². The average molecular weight is 288 g/mol. The summed E-state index contributed by atoms with van der Waals surface area (Å²) in [5.41, 5.74) is 2.48. The van der Waals surface area contributed by atoms with E-state index in [4.69, 9.17) is 0 Å². The molecule has 1 N–H and O–H groups in total. The number of hydrogen-bond donors (Lipinski definition) is 1. The molecule has 0 aromatic rings. The van der Waals surface area contributed by atoms with Crippen molar-refractivity contribution in [2.75, 3.05) is 0 Å². The Morgan fingerprint density at radius 1 is 1.10 bits per heavy atom. The van der Waals surface area contributed by atoms with Crippen molar-refractivity contribution in [2.45, 2.75) is 78.7 Å². The minimum Gasteiger partial charge on any atom is -0.385 e. The highest BCUT2D eigenvalue weighted by Crippen LogP contribution is 2.58. The predicted octanol–water partition coefficient (Wildman–Crippen LogP) is 5.26. The van der Waals surface area contributed by atoms with E-state index >= 15 is 0 Å². The van der Waals surface area contributed by atoms with Gasteiger partial charge in [0.25, 0.3) is 0 Å². The predicted molar refractivity (Wildman–Crippen MR) is 89.0 cm³/mol. The lowest BCUT2D eigenvalue weighted by Crippen LogP contribution is -2.55. The Hall–Kier alpha value is -0.560. The lowest BCUT2D eigenvalue weighted by Gasteiger charge is -2.56. The summed E-state index contributed by atoms with van der Waals surface area (Å²) in [4.78, 5) is 0. The van der Waals surface area contributed by atoms with Gasteiger partial charge in [0.05, 0.1) is 5.60 Å². The van der Waals surface area contributed by atoms with Gasteiger partial charge in [-0.2, -0.15) is 0 Å². The quantitative estimate of drug-likeness (QED) is 0.645. The molecule has 0 aromatic carbocycles. The molecule has 1 heteroatoms. The molecule has 1 nitrogen and oxygen atoms in total. The summed E-state index contributed by atoms with van der Waals surface area (Å²) in [5, 5.41) is 11.5. The largest absolute Gasteiger partial charge is 0.385 e. The lowest BCUT2D eigenvalue weighted by atomic mass is 9.51. The molecule has 0 saturated heterocycles. The van der Waals surface area contributed by atoms with Gasteiger partial charge in [0.15, 0.2) is 0 Å². The molecule has 21 heavy (non-hydrogen) atoms. The first-order valence-electron chi connectivity index (χ1n) is 8.82. The fourth-order valence-electron chi connectivity index (χ4n) is 5.50. The average Bonchev–Trinajstić information content (AvgIpc) is 2.39. The van der Waals surface area contributed by atoms with Crippen LogP contribution in [-0.2, 0) is 0 Å². The maximum Gasteiger partial charge on any atom is 0.0887 e. The van der Waals surface area contributed by atoms with E-state index in [-0.39, 0.29) is 10.8 Å². The summed E-state index contributed by atoms with van der Waals surface area (Å²) in [7, 11) is 0. The van der Waals surface area contributed by atoms with E-state index in [1.54, 1.807) is 0 Å². The Morgan fingerprint density at radius 3 is 2.52 bits per heavy atom. The number of aliphatic hydroxyl groups is 1. The molecule has 0 radical (unpaired) electrons. The molecule has 1 saturated carbocycles. The second-order valence-electron chi connectivity index (χ2n) is 8.85. The van der Waals surface area contributed by atoms with Crippen LogP contribution >= 0.6 is 0 Å². The Kier molecular flexibility index (Phi) is 3.44. The van der Waals surface area contributed by atoms with E-state index in [9.17, 15) is 5.11 Å². The molecule has 3 rings (SSSR count). The van der Waals surface area contributed by atoms with Crippen LogP contribution in [-0.4, -0.2) is 10.7 Å². The second kappa shape index (κ2) is 4.72. The summed E-state index contributed by atoms with van der Waals surface area (Å²) in [6, 6.07) is 0. The van der Waals surface area contributed by atoms with Crippen LogP contribution in [0.4, 0.5) is 0 Å². The van der Waals surface area contributed by atoms with Crippen molar-refractivity contribution in [3.8, 4) is 0 Å². The normalized spacial score (nSPS) is 48.3. The maximum atomic E-state index is 11.5. The summed E-state index contributed by atoms with van der Waals surface area (Å²) < 4.78 is 0. The number of allylic oxidation sites excluding steroid dienone is 3. The van der Waals surface area contributed by atoms with Crippen LogP contribution in [0.25, 0.3) is 0 Å². The SMILES string of the molecule is CC1=CCC[C@@]2(C)CC[C@H]3[C@H](C)CC[C@@](O)(/C=C/12)C3(C)C. The molecule has 4 atom stereocenters. The van der Waals surface area contributed by atoms with Crippen LogP contribution < -0.4 is 0 Å². The monoisotopic (exact) mass is 288 g/mol. The van der Waals surface area contributed by atoms with E-state index in [2.05, 4.69) is 46.8 Å². The summed E-state index contributed by atoms with van der Waals surface area (Å²) in [5.74, 6) is 1.37. The first-order valence-corrected chi connectivity index (χ1v) is 8.82. The van der Waals surface area contributed by atoms with Crippen molar-refractivity contribution < 1.29 is 5.11 Å². The van der Waals surface area contributed by atoms with Gasteiger partial charge in [-0.05, 0) is 74.3 Å². The molecule has 0 aromatic heterocycles. The first-order chi connectivity index (χ1) is 9.70. The Labute approximate surface area is 130 Å². The molecule has 0 aliphatic heterocycles. The van der Waals surface area contributed by atoms with Gasteiger partial charge in [0.2, 0.25) is 0 Å². The van der Waals surface area contributed by atoms with Crippen LogP contribution in [0.1, 0.15) is 73.1 Å². The smallest absolute Gasteiger partial charge is 0.0887 e. The highest BCUT2D eigenvalue weighted by Gasteiger charge is 2.54. The maximum absolute atomic E-state index is 11.5. The van der Waals surface area contributed by atoms with Gasteiger partial charge in [0.1, 0.15) is 0 Å². The highest BCUT2D eigenvalue weighted by atomic mass is 16.3. The third-order valence-electron chi connectivity index (χ3n) is 7.32. The minimum absolute atomic E-state index is 0.0171. The molecule has 118 valence electrons. The minimum atomic E-state index is -0.631. The molecule has 0 spiro atoms. The second-order valence-corrected chi connectivity index (χ2v) is 8.85. The van der Waals surface area contributed by atoms with Crippen molar-refractivity contribution in [2.24, 2.45) is 22.7 Å². The summed E-state index contributed by atoms with van der Waals surface area (Å²) >= 11 is 0. The van der Waals surface area contributed by atoms with Crippen molar-refractivity contribution in [1.29, 1.82) is 0 Å². The van der Waals surface area contributed by atoms with Crippen LogP contribution in [0.3, 0.4) is 0 Å². The zero-order chi connectivity index (χ0) is 15.5. The highest BCUT2D eigenvalue weighted by molar-refractivity contribution is 5.41. The van der Waals surface area contributed by atoms with E-state index in [0.29, 0.717) is 5.92 Å². The molecule has 2 bridgehead atoms. The molecular formula is C20H32O. The van der Waals surface area contributed by atoms with Gasteiger partial charge >= 0.3 is 0 Å². The van der Waals surface area contributed by atoms with Crippen molar-refractivity contribution in [3.05, 3.63) is 23.3 Å². The van der Waals surface area contributed by atoms with Crippen LogP contribution in [0.2, 0.25) is 0 Å². The standard InChI is InChI=1S/C20H32O/c1-14-7-6-10-19(5)11-9-16-15(2)8-12-20(21,13-17(14)19)18(16,3)4/h7,13,15-16,21H,6,8-12H2,1-5H3/b17-13-/t15-,16+,19+,20-/m1/s1. The van der Waals surface area contributed by atoms with Gasteiger partial charge < -0.3 is 5.11 Å². The van der Waals surface area contributed by atoms with Crippen LogP contribution in [0.15, 0.2) is 23.3 Å². The molecule has 3 aliphatic carbocycles.